The maximum absolute atomic E-state index is 13.2. The van der Waals surface area contributed by atoms with E-state index in [0.717, 1.165) is 11.8 Å². The van der Waals surface area contributed by atoms with E-state index < -0.39 is 16.1 Å². The van der Waals surface area contributed by atoms with Crippen LogP contribution in [0, 0.1) is 0 Å². The lowest BCUT2D eigenvalue weighted by molar-refractivity contribution is -0.140. The Bertz CT molecular complexity index is 1070. The average Bonchev–Trinajstić information content (AvgIpc) is 2.75. The highest BCUT2D eigenvalue weighted by atomic mass is 35.5. The van der Waals surface area contributed by atoms with Crippen LogP contribution in [0.5, 0.6) is 0 Å². The molecule has 2 aromatic carbocycles. The molecule has 2 rings (SSSR count). The number of nitrogens with zero attached hydrogens (tertiary/aromatic N) is 2. The number of amides is 2. The Morgan fingerprint density at radius 3 is 1.97 bits per heavy atom. The van der Waals surface area contributed by atoms with Gasteiger partial charge in [0.05, 0.1) is 11.9 Å². The van der Waals surface area contributed by atoms with Crippen LogP contribution in [0.1, 0.15) is 39.2 Å². The quantitative estimate of drug-likeness (QED) is 0.466. The molecule has 10 heteroatoms. The maximum atomic E-state index is 13.2. The van der Waals surface area contributed by atoms with Gasteiger partial charge >= 0.3 is 0 Å². The molecule has 186 valence electrons. The first-order valence-corrected chi connectivity index (χ1v) is 13.6. The summed E-state index contributed by atoms with van der Waals surface area (Å²) in [7, 11) is -3.56. The number of anilines is 1. The summed E-state index contributed by atoms with van der Waals surface area (Å²) in [6.45, 7) is 5.74. The lowest BCUT2D eigenvalue weighted by Gasteiger charge is -2.30. The number of sulfonamides is 1. The van der Waals surface area contributed by atoms with E-state index in [-0.39, 0.29) is 43.8 Å². The van der Waals surface area contributed by atoms with Crippen LogP contribution < -0.4 is 9.62 Å². The van der Waals surface area contributed by atoms with Crippen LogP contribution in [0.2, 0.25) is 10.0 Å². The van der Waals surface area contributed by atoms with Gasteiger partial charge in [-0.2, -0.15) is 0 Å². The first-order valence-electron chi connectivity index (χ1n) is 11.0. The molecular weight excluding hydrogens is 497 g/mol. The molecule has 0 bridgehead atoms. The van der Waals surface area contributed by atoms with Crippen molar-refractivity contribution in [2.45, 2.75) is 52.2 Å². The number of rotatable bonds is 11. The Hall–Kier alpha value is -2.29. The minimum Gasteiger partial charge on any atom is -0.352 e. The van der Waals surface area contributed by atoms with Crippen LogP contribution in [0.15, 0.2) is 48.5 Å². The van der Waals surface area contributed by atoms with Gasteiger partial charge in [-0.15, -0.1) is 0 Å². The van der Waals surface area contributed by atoms with Gasteiger partial charge in [0, 0.05) is 35.6 Å². The highest BCUT2D eigenvalue weighted by Crippen LogP contribution is 2.21. The van der Waals surface area contributed by atoms with Crippen LogP contribution in [0.3, 0.4) is 0 Å². The number of carbonyl (C=O) groups is 2. The number of hydrogen-bond donors (Lipinski definition) is 1. The first-order chi connectivity index (χ1) is 15.9. The number of halogens is 2. The molecule has 0 saturated heterocycles. The second-order valence-corrected chi connectivity index (χ2v) is 11.2. The van der Waals surface area contributed by atoms with Crippen molar-refractivity contribution in [3.8, 4) is 0 Å². The molecule has 2 aromatic rings. The second-order valence-electron chi connectivity index (χ2n) is 8.40. The summed E-state index contributed by atoms with van der Waals surface area (Å²) in [5, 5.41) is 3.92. The SMILES string of the molecule is CC(C)NC(=O)[C@@H](C)N(Cc1ccc(Cl)cc1)C(=O)CCCN(c1ccc(Cl)cc1)S(C)(=O)=O. The largest absolute Gasteiger partial charge is 0.352 e. The Balaban J connectivity index is 2.15. The molecule has 7 nitrogen and oxygen atoms in total. The van der Waals surface area contributed by atoms with E-state index in [4.69, 9.17) is 23.2 Å². The van der Waals surface area contributed by atoms with Crippen molar-refractivity contribution in [2.24, 2.45) is 0 Å². The topological polar surface area (TPSA) is 86.8 Å². The summed E-state index contributed by atoms with van der Waals surface area (Å²) in [6.07, 6.45) is 1.48. The molecule has 1 N–H and O–H groups in total. The Kier molecular flexibility index (Phi) is 10.2. The molecule has 1 atom stereocenters. The van der Waals surface area contributed by atoms with Crippen LogP contribution in [-0.4, -0.2) is 50.0 Å². The lowest BCUT2D eigenvalue weighted by atomic mass is 10.1. The molecule has 0 fully saturated rings. The predicted molar refractivity (Wildman–Crippen MR) is 138 cm³/mol. The van der Waals surface area contributed by atoms with Gasteiger partial charge in [-0.3, -0.25) is 13.9 Å². The lowest BCUT2D eigenvalue weighted by Crippen LogP contribution is -2.49. The second kappa shape index (κ2) is 12.4. The van der Waals surface area contributed by atoms with Crippen LogP contribution in [0.25, 0.3) is 0 Å². The molecule has 0 aromatic heterocycles. The third-order valence-corrected chi connectivity index (χ3v) is 6.83. The molecule has 0 aliphatic rings. The number of nitrogens with one attached hydrogen (secondary N) is 1. The molecule has 0 heterocycles. The van der Waals surface area contributed by atoms with Crippen molar-refractivity contribution in [3.63, 3.8) is 0 Å². The predicted octanol–water partition coefficient (Wildman–Crippen LogP) is 4.48. The summed E-state index contributed by atoms with van der Waals surface area (Å²) in [5.74, 6) is -0.498. The molecule has 2 amide bonds. The van der Waals surface area contributed by atoms with Gasteiger partial charge in [0.1, 0.15) is 6.04 Å². The fourth-order valence-electron chi connectivity index (χ4n) is 3.39. The molecule has 0 unspecified atom stereocenters. The van der Waals surface area contributed by atoms with Crippen molar-refractivity contribution in [1.29, 1.82) is 0 Å². The normalized spacial score (nSPS) is 12.3. The van der Waals surface area contributed by atoms with Gasteiger partial charge in [-0.05, 0) is 69.2 Å². The Labute approximate surface area is 212 Å². The third-order valence-electron chi connectivity index (χ3n) is 5.13. The molecule has 0 spiro atoms. The van der Waals surface area contributed by atoms with Gasteiger partial charge in [0.2, 0.25) is 21.8 Å². The van der Waals surface area contributed by atoms with Crippen molar-refractivity contribution in [3.05, 3.63) is 64.1 Å². The van der Waals surface area contributed by atoms with Crippen molar-refractivity contribution in [2.75, 3.05) is 17.1 Å². The molecule has 0 aliphatic heterocycles. The van der Waals surface area contributed by atoms with Gasteiger partial charge in [-0.25, -0.2) is 8.42 Å². The van der Waals surface area contributed by atoms with E-state index in [9.17, 15) is 18.0 Å². The highest BCUT2D eigenvalue weighted by Gasteiger charge is 2.27. The van der Waals surface area contributed by atoms with Gasteiger partial charge in [0.15, 0.2) is 0 Å². The van der Waals surface area contributed by atoms with Crippen molar-refractivity contribution in [1.82, 2.24) is 10.2 Å². The van der Waals surface area contributed by atoms with E-state index in [0.29, 0.717) is 15.7 Å². The molecule has 34 heavy (non-hydrogen) atoms. The zero-order valence-electron chi connectivity index (χ0n) is 19.8. The average molecular weight is 529 g/mol. The summed E-state index contributed by atoms with van der Waals surface area (Å²) in [5.41, 5.74) is 1.31. The standard InChI is InChI=1S/C24H31Cl2N3O4S/c1-17(2)27-24(31)18(3)28(16-19-7-9-20(25)10-8-19)23(30)6-5-15-29(34(4,32)33)22-13-11-21(26)12-14-22/h7-14,17-18H,5-6,15-16H2,1-4H3,(H,27,31)/t18-/m1/s1. The van der Waals surface area contributed by atoms with Crippen LogP contribution >= 0.6 is 23.2 Å². The Morgan fingerprint density at radius 1 is 0.941 bits per heavy atom. The van der Waals surface area contributed by atoms with Crippen molar-refractivity contribution >= 4 is 50.7 Å². The number of benzene rings is 2. The summed E-state index contributed by atoms with van der Waals surface area (Å²) in [6, 6.07) is 12.8. The zero-order valence-corrected chi connectivity index (χ0v) is 22.1. The number of hydrogen-bond acceptors (Lipinski definition) is 4. The summed E-state index contributed by atoms with van der Waals surface area (Å²) in [4.78, 5) is 27.3. The molecule has 0 aliphatic carbocycles. The third kappa shape index (κ3) is 8.49. The van der Waals surface area contributed by atoms with Gasteiger partial charge < -0.3 is 10.2 Å². The summed E-state index contributed by atoms with van der Waals surface area (Å²) >= 11 is 11.9. The highest BCUT2D eigenvalue weighted by molar-refractivity contribution is 7.92. The van der Waals surface area contributed by atoms with E-state index in [1.54, 1.807) is 43.3 Å². The van der Waals surface area contributed by atoms with Gasteiger partial charge in [0.25, 0.3) is 0 Å². The molecule has 0 saturated carbocycles. The number of carbonyl (C=O) groups excluding carboxylic acids is 2. The van der Waals surface area contributed by atoms with E-state index in [1.165, 1.54) is 9.21 Å². The monoisotopic (exact) mass is 527 g/mol. The molecule has 0 radical (unpaired) electrons. The van der Waals surface area contributed by atoms with Crippen molar-refractivity contribution < 1.29 is 18.0 Å². The van der Waals surface area contributed by atoms with Gasteiger partial charge in [-0.1, -0.05) is 35.3 Å². The van der Waals surface area contributed by atoms with Crippen LogP contribution in [0.4, 0.5) is 5.69 Å². The zero-order chi connectivity index (χ0) is 25.5. The Morgan fingerprint density at radius 2 is 1.47 bits per heavy atom. The minimum absolute atomic E-state index is 0.0647. The molecular formula is C24H31Cl2N3O4S. The van der Waals surface area contributed by atoms with E-state index >= 15 is 0 Å². The maximum Gasteiger partial charge on any atom is 0.242 e. The minimum atomic E-state index is -3.56. The van der Waals surface area contributed by atoms with Crippen LogP contribution in [-0.2, 0) is 26.2 Å². The fraction of sp³-hybridized carbons (Fsp3) is 0.417. The smallest absolute Gasteiger partial charge is 0.242 e. The van der Waals surface area contributed by atoms with E-state index in [2.05, 4.69) is 5.32 Å². The van der Waals surface area contributed by atoms with E-state index in [1.807, 2.05) is 26.0 Å². The fourth-order valence-corrected chi connectivity index (χ4v) is 4.60. The summed E-state index contributed by atoms with van der Waals surface area (Å²) < 4.78 is 25.9. The first kappa shape index (κ1) is 28.0.